The van der Waals surface area contributed by atoms with Crippen LogP contribution >= 0.6 is 0 Å². The fourth-order valence-corrected chi connectivity index (χ4v) is 3.90. The van der Waals surface area contributed by atoms with Gasteiger partial charge in [0.25, 0.3) is 0 Å². The summed E-state index contributed by atoms with van der Waals surface area (Å²) in [6.07, 6.45) is 4.77. The van der Waals surface area contributed by atoms with E-state index in [9.17, 15) is 9.18 Å². The third-order valence-electron chi connectivity index (χ3n) is 5.33. The van der Waals surface area contributed by atoms with Gasteiger partial charge in [0.1, 0.15) is 5.82 Å². The molecule has 1 aliphatic rings. The largest absolute Gasteiger partial charge is 0.368 e. The minimum atomic E-state index is -0.305. The Morgan fingerprint density at radius 2 is 1.86 bits per heavy atom. The first-order valence-corrected chi connectivity index (χ1v) is 9.83. The number of anilines is 1. The van der Waals surface area contributed by atoms with Gasteiger partial charge in [0.2, 0.25) is 11.9 Å². The Morgan fingerprint density at radius 1 is 1.10 bits per heavy atom. The fraction of sp³-hybridized carbons (Fsp3) is 0.261. The Morgan fingerprint density at radius 3 is 2.62 bits per heavy atom. The molecule has 0 bridgehead atoms. The van der Waals surface area contributed by atoms with E-state index in [1.54, 1.807) is 18.3 Å². The summed E-state index contributed by atoms with van der Waals surface area (Å²) >= 11 is 0. The van der Waals surface area contributed by atoms with Crippen LogP contribution in [0.25, 0.3) is 11.1 Å². The molecule has 29 heavy (non-hydrogen) atoms. The summed E-state index contributed by atoms with van der Waals surface area (Å²) < 4.78 is 13.2. The molecule has 4 rings (SSSR count). The van der Waals surface area contributed by atoms with Crippen LogP contribution in [0.5, 0.6) is 0 Å². The number of aromatic nitrogens is 2. The minimum absolute atomic E-state index is 0.0116. The second-order valence-corrected chi connectivity index (χ2v) is 7.30. The Kier molecular flexibility index (Phi) is 5.51. The van der Waals surface area contributed by atoms with Crippen molar-refractivity contribution in [3.63, 3.8) is 0 Å². The van der Waals surface area contributed by atoms with Gasteiger partial charge >= 0.3 is 0 Å². The van der Waals surface area contributed by atoms with E-state index in [0.717, 1.165) is 41.6 Å². The van der Waals surface area contributed by atoms with Crippen molar-refractivity contribution in [1.82, 2.24) is 14.9 Å². The van der Waals surface area contributed by atoms with Crippen molar-refractivity contribution in [2.24, 2.45) is 0 Å². The lowest BCUT2D eigenvalue weighted by Gasteiger charge is -2.36. The highest BCUT2D eigenvalue weighted by molar-refractivity contribution is 5.80. The summed E-state index contributed by atoms with van der Waals surface area (Å²) in [7, 11) is 0. The number of likely N-dealkylation sites (tertiary alicyclic amines) is 1. The molecule has 1 aromatic heterocycles. The first-order valence-electron chi connectivity index (χ1n) is 9.83. The van der Waals surface area contributed by atoms with E-state index in [-0.39, 0.29) is 30.1 Å². The molecule has 2 N–H and O–H groups in total. The van der Waals surface area contributed by atoms with E-state index in [1.807, 2.05) is 35.2 Å². The smallest absolute Gasteiger partial charge is 0.227 e. The van der Waals surface area contributed by atoms with Gasteiger partial charge < -0.3 is 10.6 Å². The maximum atomic E-state index is 13.2. The van der Waals surface area contributed by atoms with E-state index in [0.29, 0.717) is 6.54 Å². The molecule has 1 atom stereocenters. The summed E-state index contributed by atoms with van der Waals surface area (Å²) in [6, 6.07) is 15.8. The molecule has 148 valence electrons. The predicted octanol–water partition coefficient (Wildman–Crippen LogP) is 4.16. The normalized spacial score (nSPS) is 16.6. The average Bonchev–Trinajstić information content (AvgIpc) is 2.76. The molecule has 0 spiro atoms. The highest BCUT2D eigenvalue weighted by Gasteiger charge is 2.31. The maximum Gasteiger partial charge on any atom is 0.227 e. The first-order chi connectivity index (χ1) is 14.1. The molecule has 0 aliphatic carbocycles. The Bertz CT molecular complexity index is 992. The third-order valence-corrected chi connectivity index (χ3v) is 5.33. The van der Waals surface area contributed by atoms with Crippen LogP contribution in [0.2, 0.25) is 0 Å². The van der Waals surface area contributed by atoms with Crippen molar-refractivity contribution in [3.8, 4) is 11.1 Å². The molecule has 1 saturated heterocycles. The molecule has 1 fully saturated rings. The highest BCUT2D eigenvalue weighted by Crippen LogP contribution is 2.36. The van der Waals surface area contributed by atoms with Crippen molar-refractivity contribution in [3.05, 3.63) is 77.9 Å². The molecule has 2 aromatic carbocycles. The highest BCUT2D eigenvalue weighted by atomic mass is 19.1. The van der Waals surface area contributed by atoms with Gasteiger partial charge in [0.15, 0.2) is 0 Å². The van der Waals surface area contributed by atoms with Crippen LogP contribution in [0.1, 0.15) is 36.6 Å². The number of halogens is 1. The maximum absolute atomic E-state index is 13.2. The SMILES string of the molecule is Nc1ncc(-c2ccccc2)c(C2CCCCN2C(=O)Cc2ccc(F)cc2)n1. The molecule has 0 radical (unpaired) electrons. The number of amides is 1. The van der Waals surface area contributed by atoms with Gasteiger partial charge in [0.05, 0.1) is 18.2 Å². The number of rotatable bonds is 4. The van der Waals surface area contributed by atoms with Crippen molar-refractivity contribution in [1.29, 1.82) is 0 Å². The summed E-state index contributed by atoms with van der Waals surface area (Å²) in [4.78, 5) is 23.7. The van der Waals surface area contributed by atoms with Crippen LogP contribution in [0.4, 0.5) is 10.3 Å². The number of nitrogens with zero attached hydrogens (tertiary/aromatic N) is 3. The van der Waals surface area contributed by atoms with Gasteiger partial charge in [-0.2, -0.15) is 0 Å². The van der Waals surface area contributed by atoms with Crippen LogP contribution < -0.4 is 5.73 Å². The van der Waals surface area contributed by atoms with E-state index in [4.69, 9.17) is 5.73 Å². The zero-order valence-electron chi connectivity index (χ0n) is 16.1. The molecule has 1 aliphatic heterocycles. The number of piperidine rings is 1. The molecule has 1 amide bonds. The minimum Gasteiger partial charge on any atom is -0.368 e. The van der Waals surface area contributed by atoms with Gasteiger partial charge in [-0.15, -0.1) is 0 Å². The predicted molar refractivity (Wildman–Crippen MR) is 110 cm³/mol. The van der Waals surface area contributed by atoms with Crippen molar-refractivity contribution < 1.29 is 9.18 Å². The van der Waals surface area contributed by atoms with Crippen molar-refractivity contribution in [2.75, 3.05) is 12.3 Å². The Balaban J connectivity index is 1.66. The number of nitrogen functional groups attached to an aromatic ring is 1. The van der Waals surface area contributed by atoms with Crippen LogP contribution in [0, 0.1) is 5.82 Å². The molecule has 5 nitrogen and oxygen atoms in total. The average molecular weight is 390 g/mol. The summed E-state index contributed by atoms with van der Waals surface area (Å²) in [6.45, 7) is 0.669. The topological polar surface area (TPSA) is 72.1 Å². The third kappa shape index (κ3) is 4.26. The second kappa shape index (κ2) is 8.39. The Labute approximate surface area is 169 Å². The van der Waals surface area contributed by atoms with E-state index in [2.05, 4.69) is 9.97 Å². The molecule has 1 unspecified atom stereocenters. The monoisotopic (exact) mass is 390 g/mol. The van der Waals surface area contributed by atoms with Crippen LogP contribution in [0.15, 0.2) is 60.8 Å². The number of carbonyl (C=O) groups is 1. The molecule has 6 heteroatoms. The summed E-state index contributed by atoms with van der Waals surface area (Å²) in [5.74, 6) is -0.0882. The van der Waals surface area contributed by atoms with Gasteiger partial charge in [-0.3, -0.25) is 4.79 Å². The van der Waals surface area contributed by atoms with Gasteiger partial charge in [0, 0.05) is 18.3 Å². The molecule has 0 saturated carbocycles. The number of benzene rings is 2. The van der Waals surface area contributed by atoms with E-state index < -0.39 is 0 Å². The number of carbonyl (C=O) groups excluding carboxylic acids is 1. The zero-order valence-corrected chi connectivity index (χ0v) is 16.1. The van der Waals surface area contributed by atoms with Crippen molar-refractivity contribution in [2.45, 2.75) is 31.7 Å². The fourth-order valence-electron chi connectivity index (χ4n) is 3.90. The van der Waals surface area contributed by atoms with Crippen molar-refractivity contribution >= 4 is 11.9 Å². The van der Waals surface area contributed by atoms with Crippen LogP contribution in [-0.4, -0.2) is 27.3 Å². The van der Waals surface area contributed by atoms with Crippen LogP contribution in [0.3, 0.4) is 0 Å². The quantitative estimate of drug-likeness (QED) is 0.726. The number of hydrogen-bond donors (Lipinski definition) is 1. The number of hydrogen-bond acceptors (Lipinski definition) is 4. The van der Waals surface area contributed by atoms with Gasteiger partial charge in [-0.1, -0.05) is 42.5 Å². The zero-order chi connectivity index (χ0) is 20.2. The molecular weight excluding hydrogens is 367 g/mol. The first kappa shape index (κ1) is 19.1. The second-order valence-electron chi connectivity index (χ2n) is 7.30. The lowest BCUT2D eigenvalue weighted by Crippen LogP contribution is -2.40. The van der Waals surface area contributed by atoms with Crippen LogP contribution in [-0.2, 0) is 11.2 Å². The van der Waals surface area contributed by atoms with E-state index in [1.165, 1.54) is 12.1 Å². The summed E-state index contributed by atoms with van der Waals surface area (Å²) in [5, 5.41) is 0. The lowest BCUT2D eigenvalue weighted by atomic mass is 9.93. The Hall–Kier alpha value is -3.28. The molecule has 2 heterocycles. The summed E-state index contributed by atoms with van der Waals surface area (Å²) in [5.41, 5.74) is 9.39. The number of nitrogens with two attached hydrogens (primary N) is 1. The standard InChI is InChI=1S/C23H23FN4O/c24-18-11-9-16(10-12-18)14-21(29)28-13-5-4-8-20(28)22-19(15-26-23(25)27-22)17-6-2-1-3-7-17/h1-3,6-7,9-12,15,20H,4-5,8,13-14H2,(H2,25,26,27). The van der Waals surface area contributed by atoms with E-state index >= 15 is 0 Å². The van der Waals surface area contributed by atoms with Gasteiger partial charge in [-0.05, 0) is 42.5 Å². The van der Waals surface area contributed by atoms with Gasteiger partial charge in [-0.25, -0.2) is 14.4 Å². The lowest BCUT2D eigenvalue weighted by molar-refractivity contribution is -0.134. The molecular formula is C23H23FN4O. The molecule has 3 aromatic rings.